The minimum atomic E-state index is -4.28. The molecule has 112 valence electrons. The Labute approximate surface area is 142 Å². The Bertz CT molecular complexity index is 593. The van der Waals surface area contributed by atoms with Crippen molar-refractivity contribution in [3.05, 3.63) is 29.3 Å². The Balaban J connectivity index is 0.00000400. The number of aliphatic hydroxyl groups excluding tert-OH is 1. The summed E-state index contributed by atoms with van der Waals surface area (Å²) in [5, 5.41) is 26.2. The van der Waals surface area contributed by atoms with E-state index in [4.69, 9.17) is 15.3 Å². The van der Waals surface area contributed by atoms with E-state index in [0.717, 1.165) is 18.2 Å². The molecule has 3 N–H and O–H groups in total. The fourth-order valence-corrected chi connectivity index (χ4v) is 2.31. The Morgan fingerprint density at radius 1 is 1.05 bits per heavy atom. The molecule has 0 aromatic heterocycles. The van der Waals surface area contributed by atoms with Crippen LogP contribution in [0.25, 0.3) is 0 Å². The number of hydrogen-bond acceptors (Lipinski definition) is 6. The van der Waals surface area contributed by atoms with Crippen LogP contribution in [-0.4, -0.2) is 78.4 Å². The van der Waals surface area contributed by atoms with E-state index < -0.39 is 38.1 Å². The van der Waals surface area contributed by atoms with Gasteiger partial charge in [0.1, 0.15) is 0 Å². The van der Waals surface area contributed by atoms with Crippen molar-refractivity contribution in [1.29, 1.82) is 0 Å². The van der Waals surface area contributed by atoms with Gasteiger partial charge in [0.15, 0.2) is 0 Å². The molecule has 1 aromatic rings. The van der Waals surface area contributed by atoms with Crippen LogP contribution in [0.1, 0.15) is 27.1 Å². The first kappa shape index (κ1) is 20.0. The van der Waals surface area contributed by atoms with Crippen molar-refractivity contribution < 1.29 is 37.5 Å². The molecule has 0 radical (unpaired) electrons. The average Bonchev–Trinajstić information content (AvgIpc) is 2.38. The van der Waals surface area contributed by atoms with E-state index in [0.29, 0.717) is 0 Å². The van der Waals surface area contributed by atoms with Gasteiger partial charge in [-0.1, -0.05) is 0 Å². The summed E-state index contributed by atoms with van der Waals surface area (Å²) < 4.78 is 28.1. The standard InChI is InChI=1S/C11H12O8S.Na.H/c12-2-1-3-19-20(17,18)9-5-7(10(13)14)4-8(6-9)11(15)16;;/h4-6,12H,1-3H2,(H,13,14)(H,15,16);;. The van der Waals surface area contributed by atoms with E-state index in [1.807, 2.05) is 0 Å². The van der Waals surface area contributed by atoms with E-state index in [1.165, 1.54) is 0 Å². The van der Waals surface area contributed by atoms with E-state index in [2.05, 4.69) is 4.18 Å². The molecule has 0 saturated carbocycles. The number of hydrogen-bond donors (Lipinski definition) is 3. The molecule has 0 saturated heterocycles. The second kappa shape index (κ2) is 8.47. The molecule has 0 atom stereocenters. The molecule has 0 aliphatic rings. The van der Waals surface area contributed by atoms with Crippen molar-refractivity contribution in [2.75, 3.05) is 13.2 Å². The summed E-state index contributed by atoms with van der Waals surface area (Å²) in [5.74, 6) is -2.92. The van der Waals surface area contributed by atoms with Gasteiger partial charge >= 0.3 is 41.5 Å². The normalized spacial score (nSPS) is 10.7. The number of carbonyl (C=O) groups is 2. The number of aromatic carboxylic acids is 2. The zero-order valence-corrected chi connectivity index (χ0v) is 11.0. The Kier molecular flexibility index (Phi) is 8.08. The first-order valence-electron chi connectivity index (χ1n) is 5.40. The zero-order valence-electron chi connectivity index (χ0n) is 10.1. The van der Waals surface area contributed by atoms with E-state index in [-0.39, 0.29) is 49.2 Å². The molecular formula is C11H13NaO8S. The van der Waals surface area contributed by atoms with E-state index in [9.17, 15) is 18.0 Å². The third kappa shape index (κ3) is 5.73. The summed E-state index contributed by atoms with van der Waals surface area (Å²) >= 11 is 0. The molecule has 8 nitrogen and oxygen atoms in total. The van der Waals surface area contributed by atoms with Crippen LogP contribution in [0.5, 0.6) is 0 Å². The molecule has 0 unspecified atom stereocenters. The Hall–Kier alpha value is -0.970. The molecule has 0 aliphatic carbocycles. The van der Waals surface area contributed by atoms with Crippen LogP contribution in [0.3, 0.4) is 0 Å². The van der Waals surface area contributed by atoms with Crippen molar-refractivity contribution in [1.82, 2.24) is 0 Å². The molecule has 0 amide bonds. The summed E-state index contributed by atoms with van der Waals surface area (Å²) in [6.07, 6.45) is 0.0731. The summed E-state index contributed by atoms with van der Waals surface area (Å²) in [7, 11) is -4.28. The van der Waals surface area contributed by atoms with Crippen molar-refractivity contribution >= 4 is 51.6 Å². The monoisotopic (exact) mass is 328 g/mol. The molecule has 0 bridgehead atoms. The van der Waals surface area contributed by atoms with Gasteiger partial charge in [0.25, 0.3) is 10.1 Å². The molecular weight excluding hydrogens is 315 g/mol. The number of carboxylic acid groups (broad SMARTS) is 2. The van der Waals surface area contributed by atoms with Gasteiger partial charge in [-0.15, -0.1) is 0 Å². The second-order valence-corrected chi connectivity index (χ2v) is 5.32. The molecule has 1 rings (SSSR count). The third-order valence-corrected chi connectivity index (χ3v) is 3.52. The number of benzene rings is 1. The van der Waals surface area contributed by atoms with Crippen LogP contribution < -0.4 is 0 Å². The van der Waals surface area contributed by atoms with Crippen molar-refractivity contribution in [2.45, 2.75) is 11.3 Å². The average molecular weight is 328 g/mol. The van der Waals surface area contributed by atoms with E-state index >= 15 is 0 Å². The van der Waals surface area contributed by atoms with Gasteiger partial charge in [0.05, 0.1) is 22.6 Å². The van der Waals surface area contributed by atoms with Crippen LogP contribution in [0.4, 0.5) is 0 Å². The topological polar surface area (TPSA) is 138 Å². The van der Waals surface area contributed by atoms with Crippen LogP contribution in [0.2, 0.25) is 0 Å². The van der Waals surface area contributed by atoms with Crippen molar-refractivity contribution in [3.8, 4) is 0 Å². The summed E-state index contributed by atoms with van der Waals surface area (Å²) in [4.78, 5) is 21.1. The van der Waals surface area contributed by atoms with Crippen LogP contribution in [0, 0.1) is 0 Å². The first-order chi connectivity index (χ1) is 9.27. The van der Waals surface area contributed by atoms with Gasteiger partial charge in [0.2, 0.25) is 0 Å². The number of carboxylic acids is 2. The van der Waals surface area contributed by atoms with Crippen molar-refractivity contribution in [3.63, 3.8) is 0 Å². The second-order valence-electron chi connectivity index (χ2n) is 3.71. The fourth-order valence-electron chi connectivity index (χ4n) is 1.29. The summed E-state index contributed by atoms with van der Waals surface area (Å²) in [6, 6.07) is 2.46. The van der Waals surface area contributed by atoms with Gasteiger partial charge in [-0.25, -0.2) is 9.59 Å². The van der Waals surface area contributed by atoms with Gasteiger partial charge in [0, 0.05) is 6.61 Å². The number of aliphatic hydroxyl groups is 1. The van der Waals surface area contributed by atoms with Crippen LogP contribution >= 0.6 is 0 Å². The Morgan fingerprint density at radius 2 is 1.52 bits per heavy atom. The SMILES string of the molecule is O=C(O)c1cc(C(=O)O)cc(S(=O)(=O)OCCCO)c1.[NaH]. The van der Waals surface area contributed by atoms with Gasteiger partial charge in [-0.2, -0.15) is 8.42 Å². The molecule has 0 spiro atoms. The quantitative estimate of drug-likeness (QED) is 0.347. The molecule has 0 aliphatic heterocycles. The Morgan fingerprint density at radius 3 is 1.90 bits per heavy atom. The van der Waals surface area contributed by atoms with Crippen LogP contribution in [-0.2, 0) is 14.3 Å². The molecule has 10 heteroatoms. The predicted octanol–water partition coefficient (Wildman–Crippen LogP) is -0.478. The predicted molar refractivity (Wildman–Crippen MR) is 72.4 cm³/mol. The summed E-state index contributed by atoms with van der Waals surface area (Å²) in [5.41, 5.74) is -0.955. The van der Waals surface area contributed by atoms with Gasteiger partial charge in [-0.05, 0) is 24.6 Å². The molecule has 0 fully saturated rings. The van der Waals surface area contributed by atoms with Crippen LogP contribution in [0.15, 0.2) is 23.1 Å². The molecule has 0 heterocycles. The maximum atomic E-state index is 11.8. The van der Waals surface area contributed by atoms with E-state index in [1.54, 1.807) is 0 Å². The maximum absolute atomic E-state index is 11.8. The minimum absolute atomic E-state index is 0. The zero-order chi connectivity index (χ0) is 15.3. The molecule has 1 aromatic carbocycles. The summed E-state index contributed by atoms with van der Waals surface area (Å²) in [6.45, 7) is -0.566. The van der Waals surface area contributed by atoms with Crippen molar-refractivity contribution in [2.24, 2.45) is 0 Å². The number of rotatable bonds is 7. The first-order valence-corrected chi connectivity index (χ1v) is 6.80. The fraction of sp³-hybridized carbons (Fsp3) is 0.273. The molecule has 21 heavy (non-hydrogen) atoms. The third-order valence-electron chi connectivity index (χ3n) is 2.23. The van der Waals surface area contributed by atoms with Gasteiger partial charge in [-0.3, -0.25) is 4.18 Å². The van der Waals surface area contributed by atoms with Gasteiger partial charge < -0.3 is 15.3 Å².